The maximum Gasteiger partial charge on any atom is 0.335 e. The Morgan fingerprint density at radius 2 is 1.54 bits per heavy atom. The molecule has 3 aliphatic rings. The zero-order valence-electron chi connectivity index (χ0n) is 19.5. The van der Waals surface area contributed by atoms with E-state index in [0.29, 0.717) is 59.8 Å². The van der Waals surface area contributed by atoms with Crippen LogP contribution in [0.1, 0.15) is 65.9 Å². The second-order valence-electron chi connectivity index (χ2n) is 8.96. The highest BCUT2D eigenvalue weighted by molar-refractivity contribution is 6.05. The Morgan fingerprint density at radius 3 is 2.11 bits per heavy atom. The predicted octanol–water partition coefficient (Wildman–Crippen LogP) is 5.10. The highest BCUT2D eigenvalue weighted by Gasteiger charge is 2.41. The van der Waals surface area contributed by atoms with Crippen LogP contribution in [0, 0.1) is 0 Å². The van der Waals surface area contributed by atoms with Crippen molar-refractivity contribution in [1.29, 1.82) is 0 Å². The standard InChI is InChI=1S/C28H26O7/c1-33-24-14-18(12-13-21(24)34-15-16-8-10-17(11-9-16)28(31)32)25-26-19(29)4-2-6-22(26)35-23-7-3-5-20(30)27(23)25/h8-14,25H,2-7,15H2,1H3,(H,31,32). The van der Waals surface area contributed by atoms with E-state index in [4.69, 9.17) is 19.3 Å². The van der Waals surface area contributed by atoms with Gasteiger partial charge in [0.2, 0.25) is 0 Å². The Hall–Kier alpha value is -3.87. The van der Waals surface area contributed by atoms with E-state index >= 15 is 0 Å². The minimum atomic E-state index is -0.979. The number of rotatable bonds is 6. The maximum atomic E-state index is 13.0. The van der Waals surface area contributed by atoms with Crippen LogP contribution in [0.4, 0.5) is 0 Å². The van der Waals surface area contributed by atoms with Gasteiger partial charge in [-0.2, -0.15) is 0 Å². The summed E-state index contributed by atoms with van der Waals surface area (Å²) in [5, 5.41) is 9.06. The summed E-state index contributed by atoms with van der Waals surface area (Å²) in [6.45, 7) is 0.231. The minimum Gasteiger partial charge on any atom is -0.493 e. The summed E-state index contributed by atoms with van der Waals surface area (Å²) in [6, 6.07) is 12.0. The van der Waals surface area contributed by atoms with Crippen LogP contribution in [-0.4, -0.2) is 29.8 Å². The van der Waals surface area contributed by atoms with E-state index in [-0.39, 0.29) is 23.7 Å². The molecular formula is C28H26O7. The van der Waals surface area contributed by atoms with Crippen LogP contribution >= 0.6 is 0 Å². The number of aromatic carboxylic acids is 1. The fourth-order valence-electron chi connectivity index (χ4n) is 5.04. The van der Waals surface area contributed by atoms with Crippen molar-refractivity contribution in [3.8, 4) is 11.5 Å². The number of methoxy groups -OCH3 is 1. The summed E-state index contributed by atoms with van der Waals surface area (Å²) >= 11 is 0. The number of benzene rings is 2. The molecule has 0 aromatic heterocycles. The second-order valence-corrected chi connectivity index (χ2v) is 8.96. The lowest BCUT2D eigenvalue weighted by atomic mass is 9.73. The first-order valence-corrected chi connectivity index (χ1v) is 11.8. The molecule has 0 radical (unpaired) electrons. The van der Waals surface area contributed by atoms with Crippen LogP contribution in [0.2, 0.25) is 0 Å². The van der Waals surface area contributed by atoms with E-state index in [1.165, 1.54) is 12.1 Å². The predicted molar refractivity (Wildman–Crippen MR) is 126 cm³/mol. The van der Waals surface area contributed by atoms with E-state index in [1.54, 1.807) is 25.3 Å². The van der Waals surface area contributed by atoms with Gasteiger partial charge < -0.3 is 19.3 Å². The maximum absolute atomic E-state index is 13.0. The summed E-state index contributed by atoms with van der Waals surface area (Å²) < 4.78 is 17.7. The lowest BCUT2D eigenvalue weighted by Gasteiger charge is -2.36. The number of ether oxygens (including phenoxy) is 3. The molecule has 7 heteroatoms. The van der Waals surface area contributed by atoms with Crippen molar-refractivity contribution in [1.82, 2.24) is 0 Å². The Bertz CT molecular complexity index is 1220. The molecule has 7 nitrogen and oxygen atoms in total. The number of carbonyl (C=O) groups is 3. The van der Waals surface area contributed by atoms with E-state index in [1.807, 2.05) is 12.1 Å². The quantitative estimate of drug-likeness (QED) is 0.622. The summed E-state index contributed by atoms with van der Waals surface area (Å²) in [4.78, 5) is 37.0. The molecule has 0 saturated heterocycles. The van der Waals surface area contributed by atoms with Crippen molar-refractivity contribution in [3.63, 3.8) is 0 Å². The molecule has 1 heterocycles. The fourth-order valence-corrected chi connectivity index (χ4v) is 5.04. The van der Waals surface area contributed by atoms with Crippen molar-refractivity contribution in [2.75, 3.05) is 7.11 Å². The molecular weight excluding hydrogens is 448 g/mol. The molecule has 0 amide bonds. The van der Waals surface area contributed by atoms with Gasteiger partial charge in [0.1, 0.15) is 18.1 Å². The minimum absolute atomic E-state index is 0.0327. The number of carboxylic acid groups (broad SMARTS) is 1. The van der Waals surface area contributed by atoms with E-state index < -0.39 is 11.9 Å². The first-order chi connectivity index (χ1) is 17.0. The van der Waals surface area contributed by atoms with Crippen LogP contribution < -0.4 is 9.47 Å². The van der Waals surface area contributed by atoms with Gasteiger partial charge in [-0.1, -0.05) is 18.2 Å². The monoisotopic (exact) mass is 474 g/mol. The Labute approximate surface area is 203 Å². The number of ketones is 2. The summed E-state index contributed by atoms with van der Waals surface area (Å²) in [7, 11) is 1.55. The van der Waals surface area contributed by atoms with Gasteiger partial charge >= 0.3 is 5.97 Å². The molecule has 1 N–H and O–H groups in total. The summed E-state index contributed by atoms with van der Waals surface area (Å²) in [6.07, 6.45) is 3.81. The van der Waals surface area contributed by atoms with Crippen molar-refractivity contribution < 1.29 is 33.7 Å². The smallest absolute Gasteiger partial charge is 0.335 e. The van der Waals surface area contributed by atoms with Gasteiger partial charge in [-0.05, 0) is 48.2 Å². The molecule has 0 fully saturated rings. The molecule has 0 atom stereocenters. The molecule has 1 aliphatic heterocycles. The van der Waals surface area contributed by atoms with Crippen LogP contribution in [0.5, 0.6) is 11.5 Å². The normalized spacial score (nSPS) is 18.1. The van der Waals surface area contributed by atoms with Gasteiger partial charge in [0, 0.05) is 42.7 Å². The van der Waals surface area contributed by atoms with Gasteiger partial charge in [0.15, 0.2) is 23.1 Å². The molecule has 0 spiro atoms. The van der Waals surface area contributed by atoms with Crippen LogP contribution in [0.15, 0.2) is 65.1 Å². The van der Waals surface area contributed by atoms with Crippen molar-refractivity contribution in [3.05, 3.63) is 81.8 Å². The number of Topliss-reactive ketones (excluding diaryl/α,β-unsaturated/α-hetero) is 2. The largest absolute Gasteiger partial charge is 0.493 e. The van der Waals surface area contributed by atoms with Gasteiger partial charge in [-0.15, -0.1) is 0 Å². The Kier molecular flexibility index (Phi) is 6.16. The zero-order valence-corrected chi connectivity index (χ0v) is 19.5. The number of hydrogen-bond donors (Lipinski definition) is 1. The first-order valence-electron chi connectivity index (χ1n) is 11.8. The molecule has 2 aromatic carbocycles. The van der Waals surface area contributed by atoms with Crippen molar-refractivity contribution >= 4 is 17.5 Å². The molecule has 2 aliphatic carbocycles. The van der Waals surface area contributed by atoms with E-state index in [0.717, 1.165) is 24.0 Å². The number of allylic oxidation sites excluding steroid dienone is 4. The average Bonchev–Trinajstić information content (AvgIpc) is 2.87. The van der Waals surface area contributed by atoms with E-state index in [9.17, 15) is 14.4 Å². The Balaban J connectivity index is 1.46. The average molecular weight is 475 g/mol. The molecule has 2 aromatic rings. The van der Waals surface area contributed by atoms with Gasteiger partial charge in [-0.3, -0.25) is 9.59 Å². The number of carboxylic acids is 1. The molecule has 0 bridgehead atoms. The highest BCUT2D eigenvalue weighted by Crippen LogP contribution is 2.48. The van der Waals surface area contributed by atoms with Crippen LogP contribution in [0.25, 0.3) is 0 Å². The topological polar surface area (TPSA) is 99.1 Å². The molecule has 5 rings (SSSR count). The lowest BCUT2D eigenvalue weighted by molar-refractivity contribution is -0.117. The summed E-state index contributed by atoms with van der Waals surface area (Å²) in [5.74, 6) is 1.03. The van der Waals surface area contributed by atoms with Crippen molar-refractivity contribution in [2.24, 2.45) is 0 Å². The van der Waals surface area contributed by atoms with E-state index in [2.05, 4.69) is 0 Å². The molecule has 0 unspecified atom stereocenters. The zero-order chi connectivity index (χ0) is 24.5. The Morgan fingerprint density at radius 1 is 0.914 bits per heavy atom. The summed E-state index contributed by atoms with van der Waals surface area (Å²) in [5.41, 5.74) is 3.02. The van der Waals surface area contributed by atoms with Gasteiger partial charge in [0.25, 0.3) is 0 Å². The third kappa shape index (κ3) is 4.34. The van der Waals surface area contributed by atoms with Crippen LogP contribution in [-0.2, 0) is 20.9 Å². The van der Waals surface area contributed by atoms with Crippen molar-refractivity contribution in [2.45, 2.75) is 51.0 Å². The number of hydrogen-bond acceptors (Lipinski definition) is 6. The first kappa shape index (κ1) is 22.9. The fraction of sp³-hybridized carbons (Fsp3) is 0.321. The highest BCUT2D eigenvalue weighted by atomic mass is 16.5. The third-order valence-electron chi connectivity index (χ3n) is 6.76. The van der Waals surface area contributed by atoms with Gasteiger partial charge in [-0.25, -0.2) is 4.79 Å². The molecule has 0 saturated carbocycles. The number of carbonyl (C=O) groups excluding carboxylic acids is 2. The molecule has 35 heavy (non-hydrogen) atoms. The van der Waals surface area contributed by atoms with Gasteiger partial charge in [0.05, 0.1) is 12.7 Å². The second kappa shape index (κ2) is 9.41. The SMILES string of the molecule is COc1cc(C2C3=C(CCCC3=O)OC3=C2C(=O)CCC3)ccc1OCc1ccc(C(=O)O)cc1. The third-order valence-corrected chi connectivity index (χ3v) is 6.76. The molecule has 180 valence electrons. The van der Waals surface area contributed by atoms with Crippen LogP contribution in [0.3, 0.4) is 0 Å². The lowest BCUT2D eigenvalue weighted by Crippen LogP contribution is -2.30.